The Labute approximate surface area is 76.6 Å². The van der Waals surface area contributed by atoms with Crippen molar-refractivity contribution in [2.45, 2.75) is 6.42 Å². The molecule has 0 bridgehead atoms. The summed E-state index contributed by atoms with van der Waals surface area (Å²) in [5, 5.41) is 0. The van der Waals surface area contributed by atoms with Gasteiger partial charge >= 0.3 is 0 Å². The molecule has 0 aromatic rings. The van der Waals surface area contributed by atoms with Crippen molar-refractivity contribution in [3.05, 3.63) is 0 Å². The van der Waals surface area contributed by atoms with Crippen molar-refractivity contribution >= 4 is 65.4 Å². The van der Waals surface area contributed by atoms with Crippen molar-refractivity contribution in [1.29, 1.82) is 0 Å². The van der Waals surface area contributed by atoms with Gasteiger partial charge in [-0.05, 0) is 12.6 Å². The van der Waals surface area contributed by atoms with Gasteiger partial charge in [0.25, 0.3) is 0 Å². The van der Waals surface area contributed by atoms with Gasteiger partial charge < -0.3 is 0 Å². The molecule has 0 aromatic carbocycles. The molecule has 1 rings (SSSR count). The molecule has 0 amide bonds. The van der Waals surface area contributed by atoms with E-state index in [1.54, 1.807) is 8.20 Å². The van der Waals surface area contributed by atoms with E-state index in [1.165, 1.54) is 12.6 Å². The maximum atomic E-state index is 2.28. The van der Waals surface area contributed by atoms with Gasteiger partial charge in [-0.3, -0.25) is 0 Å². The average molecular weight is 111 g/mol. The first kappa shape index (κ1) is 6.81. The fraction of sp³-hybridized carbons (Fsp3) is 0.667. The van der Waals surface area contributed by atoms with Gasteiger partial charge in [-0.1, -0.05) is 5.80 Å². The predicted molar refractivity (Wildman–Crippen MR) is 28.2 cm³/mol. The summed E-state index contributed by atoms with van der Waals surface area (Å²) in [6.07, 6.45) is 2.78. The molecule has 1 aliphatic rings. The van der Waals surface area contributed by atoms with Gasteiger partial charge in [-0.25, -0.2) is 0 Å². The smallest absolute Gasteiger partial charge is 0 e. The molecule has 0 N–H and O–H groups in total. The first-order valence-electron chi connectivity index (χ1n) is 1.48. The average Bonchev–Trinajstić information content (AvgIpc) is 0.722. The molecule has 0 unspecified atom stereocenters. The summed E-state index contributed by atoms with van der Waals surface area (Å²) in [4.78, 5) is 0. The normalized spacial score (nSPS) is 19.2. The molecule has 23 valence electrons. The second-order valence-corrected chi connectivity index (χ2v) is 2.05. The number of rotatable bonds is 0. The Morgan fingerprint density at radius 3 is 1.80 bits per heavy atom. The predicted octanol–water partition coefficient (Wildman–Crippen LogP) is 0.758. The van der Waals surface area contributed by atoms with Crippen LogP contribution in [0.25, 0.3) is 0 Å². The second kappa shape index (κ2) is 3.98. The van der Waals surface area contributed by atoms with Crippen LogP contribution in [0, 0.1) is 0 Å². The third-order valence-corrected chi connectivity index (χ3v) is 1.55. The molecule has 1 heterocycles. The van der Waals surface area contributed by atoms with Crippen molar-refractivity contribution in [3.63, 3.8) is 0 Å². The summed E-state index contributed by atoms with van der Waals surface area (Å²) in [7, 11) is 1.55. The minimum atomic E-state index is 0. The number of hydrogen-bond acceptors (Lipinski definition) is 0. The monoisotopic (exact) mass is 111 g/mol. The van der Waals surface area contributed by atoms with Crippen molar-refractivity contribution in [2.24, 2.45) is 0 Å². The molecule has 0 aromatic heterocycles. The molecule has 0 aliphatic carbocycles. The van der Waals surface area contributed by atoms with Crippen LogP contribution < -0.4 is 0 Å². The Morgan fingerprint density at radius 2 is 1.80 bits per heavy atom. The summed E-state index contributed by atoms with van der Waals surface area (Å²) in [6, 6.07) is 0. The minimum Gasteiger partial charge on any atom is -0.109 e. The summed E-state index contributed by atoms with van der Waals surface area (Å²) < 4.78 is 0. The molecule has 0 saturated carbocycles. The van der Waals surface area contributed by atoms with E-state index >= 15 is 0 Å². The van der Waals surface area contributed by atoms with E-state index in [2.05, 4.69) is 5.80 Å². The molecule has 0 spiro atoms. The largest absolute Gasteiger partial charge is 0.109 e. The molecule has 5 heavy (non-hydrogen) atoms. The first-order valence-corrected chi connectivity index (χ1v) is 2.63. The summed E-state index contributed by atoms with van der Waals surface area (Å²) in [5.74, 6) is 2.28. The summed E-state index contributed by atoms with van der Waals surface area (Å²) >= 11 is 0. The Hall–Kier alpha value is 1.81. The van der Waals surface area contributed by atoms with Crippen molar-refractivity contribution in [2.75, 3.05) is 6.16 Å². The SMILES string of the molecule is C1=PCC1.[K]. The Morgan fingerprint density at radius 1 is 1.60 bits per heavy atom. The van der Waals surface area contributed by atoms with Crippen molar-refractivity contribution in [1.82, 2.24) is 0 Å². The van der Waals surface area contributed by atoms with E-state index in [-0.39, 0.29) is 51.4 Å². The van der Waals surface area contributed by atoms with Crippen LogP contribution >= 0.6 is 8.20 Å². The molecule has 1 aliphatic heterocycles. The fourth-order valence-corrected chi connectivity index (χ4v) is 0.387. The summed E-state index contributed by atoms with van der Waals surface area (Å²) in [5.41, 5.74) is 0. The topological polar surface area (TPSA) is 0 Å². The zero-order chi connectivity index (χ0) is 2.83. The second-order valence-electron chi connectivity index (χ2n) is 0.877. The molecular formula is C3H5KP. The minimum absolute atomic E-state index is 0. The molecule has 0 fully saturated rings. The molecule has 0 nitrogen and oxygen atoms in total. The van der Waals surface area contributed by atoms with E-state index in [4.69, 9.17) is 0 Å². The van der Waals surface area contributed by atoms with Gasteiger partial charge in [0.2, 0.25) is 0 Å². The van der Waals surface area contributed by atoms with Crippen LogP contribution in [0.5, 0.6) is 0 Å². The van der Waals surface area contributed by atoms with Crippen LogP contribution in [0.2, 0.25) is 0 Å². The van der Waals surface area contributed by atoms with E-state index < -0.39 is 0 Å². The van der Waals surface area contributed by atoms with Crippen LogP contribution in [-0.2, 0) is 0 Å². The quantitative estimate of drug-likeness (QED) is 0.320. The van der Waals surface area contributed by atoms with Crippen LogP contribution in [0.1, 0.15) is 6.42 Å². The Bertz CT molecular complexity index is 36.2. The van der Waals surface area contributed by atoms with Gasteiger partial charge in [-0.2, -0.15) is 0 Å². The molecule has 0 saturated heterocycles. The van der Waals surface area contributed by atoms with Gasteiger partial charge in [0.05, 0.1) is 0 Å². The third kappa shape index (κ3) is 2.50. The fourth-order valence-electron chi connectivity index (χ4n) is 0.129. The zero-order valence-corrected chi connectivity index (χ0v) is 7.46. The first-order chi connectivity index (χ1) is 2.00. The number of hydrogen-bond donors (Lipinski definition) is 0. The van der Waals surface area contributed by atoms with Crippen LogP contribution in [0.4, 0.5) is 0 Å². The van der Waals surface area contributed by atoms with Crippen molar-refractivity contribution < 1.29 is 0 Å². The zero-order valence-electron chi connectivity index (χ0n) is 3.44. The van der Waals surface area contributed by atoms with E-state index in [0.29, 0.717) is 0 Å². The molecular weight excluding hydrogens is 106 g/mol. The van der Waals surface area contributed by atoms with Gasteiger partial charge in [0.1, 0.15) is 0 Å². The van der Waals surface area contributed by atoms with Crippen LogP contribution in [0.3, 0.4) is 0 Å². The molecule has 0 atom stereocenters. The van der Waals surface area contributed by atoms with E-state index in [9.17, 15) is 0 Å². The maximum Gasteiger partial charge on any atom is 0 e. The Balaban J connectivity index is 0.000000160. The van der Waals surface area contributed by atoms with Crippen LogP contribution in [0.15, 0.2) is 0 Å². The van der Waals surface area contributed by atoms with Gasteiger partial charge in [0.15, 0.2) is 0 Å². The molecule has 2 heteroatoms. The third-order valence-electron chi connectivity index (χ3n) is 0.516. The summed E-state index contributed by atoms with van der Waals surface area (Å²) in [6.45, 7) is 0. The van der Waals surface area contributed by atoms with Crippen molar-refractivity contribution in [3.8, 4) is 0 Å². The van der Waals surface area contributed by atoms with Gasteiger partial charge in [-0.15, -0.1) is 8.20 Å². The van der Waals surface area contributed by atoms with E-state index in [0.717, 1.165) is 0 Å². The van der Waals surface area contributed by atoms with Gasteiger partial charge in [0, 0.05) is 51.4 Å². The van der Waals surface area contributed by atoms with Crippen LogP contribution in [-0.4, -0.2) is 63.3 Å². The Kier molecular flexibility index (Phi) is 5.42. The maximum absolute atomic E-state index is 2.28. The standard InChI is InChI=1S/C3H5P.K/c1-2-4-3-1;/h2H,1,3H2;. The van der Waals surface area contributed by atoms with E-state index in [1.807, 2.05) is 0 Å². The molecule has 1 radical (unpaired) electrons.